The highest BCUT2D eigenvalue weighted by Crippen LogP contribution is 2.27. The van der Waals surface area contributed by atoms with Crippen LogP contribution in [0, 0.1) is 16.0 Å². The van der Waals surface area contributed by atoms with Gasteiger partial charge in [0, 0.05) is 30.8 Å². The molecule has 1 fully saturated rings. The third-order valence-corrected chi connectivity index (χ3v) is 3.03. The fraction of sp³-hybridized carbons (Fsp3) is 0.333. The van der Waals surface area contributed by atoms with Crippen LogP contribution in [0.1, 0.15) is 6.42 Å². The fourth-order valence-electron chi connectivity index (χ4n) is 2.04. The molecule has 0 aromatic heterocycles. The van der Waals surface area contributed by atoms with Crippen LogP contribution in [0.3, 0.4) is 0 Å². The lowest BCUT2D eigenvalue weighted by molar-refractivity contribution is -0.384. The maximum Gasteiger partial charge on any atom is 0.311 e. The number of ether oxygens (including phenoxy) is 1. The molecule has 1 atom stereocenters. The van der Waals surface area contributed by atoms with Gasteiger partial charge in [-0.25, -0.2) is 0 Å². The average Bonchev–Trinajstić information content (AvgIpc) is 2.80. The largest absolute Gasteiger partial charge is 0.469 e. The predicted molar refractivity (Wildman–Crippen MR) is 65.6 cm³/mol. The first-order valence-electron chi connectivity index (χ1n) is 5.65. The van der Waals surface area contributed by atoms with Crippen LogP contribution in [-0.2, 0) is 14.3 Å². The lowest BCUT2D eigenvalue weighted by Crippen LogP contribution is -2.26. The van der Waals surface area contributed by atoms with Crippen molar-refractivity contribution in [1.82, 2.24) is 0 Å². The van der Waals surface area contributed by atoms with E-state index in [9.17, 15) is 19.7 Å². The van der Waals surface area contributed by atoms with Gasteiger partial charge in [-0.1, -0.05) is 0 Å². The van der Waals surface area contributed by atoms with Crippen molar-refractivity contribution >= 4 is 23.3 Å². The van der Waals surface area contributed by atoms with E-state index in [0.29, 0.717) is 5.69 Å². The van der Waals surface area contributed by atoms with Gasteiger partial charge in [-0.3, -0.25) is 19.7 Å². The summed E-state index contributed by atoms with van der Waals surface area (Å²) in [7, 11) is 1.28. The number of rotatable bonds is 3. The first-order chi connectivity index (χ1) is 9.02. The number of hydrogen-bond donors (Lipinski definition) is 0. The Balaban J connectivity index is 2.16. The van der Waals surface area contributed by atoms with Gasteiger partial charge in [-0.05, 0) is 12.1 Å². The smallest absolute Gasteiger partial charge is 0.311 e. The summed E-state index contributed by atoms with van der Waals surface area (Å²) in [5, 5.41) is 10.5. The number of anilines is 1. The Kier molecular flexibility index (Phi) is 3.46. The number of esters is 1. The Labute approximate surface area is 108 Å². The molecule has 0 radical (unpaired) electrons. The molecule has 0 N–H and O–H groups in total. The van der Waals surface area contributed by atoms with Gasteiger partial charge in [0.1, 0.15) is 0 Å². The molecular formula is C12H12N2O5. The van der Waals surface area contributed by atoms with Crippen LogP contribution >= 0.6 is 0 Å². The Morgan fingerprint density at radius 3 is 2.58 bits per heavy atom. The average molecular weight is 264 g/mol. The highest BCUT2D eigenvalue weighted by Gasteiger charge is 2.35. The van der Waals surface area contributed by atoms with Crippen LogP contribution in [0.2, 0.25) is 0 Å². The van der Waals surface area contributed by atoms with Gasteiger partial charge in [0.05, 0.1) is 18.0 Å². The SMILES string of the molecule is COC(=O)C1CC(=O)N(c2ccc([N+](=O)[O-])cc2)C1. The summed E-state index contributed by atoms with van der Waals surface area (Å²) in [6, 6.07) is 5.65. The third kappa shape index (κ3) is 2.54. The predicted octanol–water partition coefficient (Wildman–Crippen LogP) is 1.12. The zero-order valence-corrected chi connectivity index (χ0v) is 10.2. The number of nitro benzene ring substituents is 1. The van der Waals surface area contributed by atoms with E-state index >= 15 is 0 Å². The molecule has 1 aliphatic rings. The summed E-state index contributed by atoms with van der Waals surface area (Å²) in [5.41, 5.74) is 0.502. The van der Waals surface area contributed by atoms with Crippen molar-refractivity contribution in [3.63, 3.8) is 0 Å². The van der Waals surface area contributed by atoms with Crippen molar-refractivity contribution in [3.05, 3.63) is 34.4 Å². The zero-order chi connectivity index (χ0) is 14.0. The minimum Gasteiger partial charge on any atom is -0.469 e. The van der Waals surface area contributed by atoms with Crippen molar-refractivity contribution in [2.75, 3.05) is 18.6 Å². The molecule has 1 amide bonds. The molecule has 2 rings (SSSR count). The van der Waals surface area contributed by atoms with Crippen molar-refractivity contribution in [3.8, 4) is 0 Å². The number of non-ortho nitro benzene ring substituents is 1. The summed E-state index contributed by atoms with van der Waals surface area (Å²) >= 11 is 0. The normalized spacial score (nSPS) is 18.5. The van der Waals surface area contributed by atoms with Crippen LogP contribution < -0.4 is 4.90 Å². The molecule has 100 valence electrons. The van der Waals surface area contributed by atoms with Crippen LogP contribution in [0.15, 0.2) is 24.3 Å². The van der Waals surface area contributed by atoms with Gasteiger partial charge in [-0.15, -0.1) is 0 Å². The molecular weight excluding hydrogens is 252 g/mol. The van der Waals surface area contributed by atoms with Gasteiger partial charge >= 0.3 is 5.97 Å². The molecule has 1 aromatic rings. The highest BCUT2D eigenvalue weighted by molar-refractivity contribution is 5.99. The first kappa shape index (κ1) is 13.0. The zero-order valence-electron chi connectivity index (χ0n) is 10.2. The van der Waals surface area contributed by atoms with E-state index in [2.05, 4.69) is 4.74 Å². The summed E-state index contributed by atoms with van der Waals surface area (Å²) < 4.78 is 4.61. The van der Waals surface area contributed by atoms with Gasteiger partial charge in [0.25, 0.3) is 5.69 Å². The molecule has 0 bridgehead atoms. The number of nitro groups is 1. The van der Waals surface area contributed by atoms with Crippen LogP contribution in [-0.4, -0.2) is 30.5 Å². The molecule has 1 saturated heterocycles. The number of nitrogens with zero attached hydrogens (tertiary/aromatic N) is 2. The van der Waals surface area contributed by atoms with E-state index in [-0.39, 0.29) is 24.6 Å². The summed E-state index contributed by atoms with van der Waals surface area (Å²) in [6.45, 7) is 0.239. The third-order valence-electron chi connectivity index (χ3n) is 3.03. The monoisotopic (exact) mass is 264 g/mol. The van der Waals surface area contributed by atoms with Crippen molar-refractivity contribution in [2.24, 2.45) is 5.92 Å². The molecule has 1 aliphatic heterocycles. The van der Waals surface area contributed by atoms with Gasteiger partial charge < -0.3 is 9.64 Å². The standard InChI is InChI=1S/C12H12N2O5/c1-19-12(16)8-6-11(15)13(7-8)9-2-4-10(5-3-9)14(17)18/h2-5,8H,6-7H2,1H3. The van der Waals surface area contributed by atoms with Crippen molar-refractivity contribution in [2.45, 2.75) is 6.42 Å². The van der Waals surface area contributed by atoms with E-state index in [1.165, 1.54) is 36.3 Å². The quantitative estimate of drug-likeness (QED) is 0.463. The minimum absolute atomic E-state index is 0.0417. The second-order valence-corrected chi connectivity index (χ2v) is 4.20. The van der Waals surface area contributed by atoms with Crippen molar-refractivity contribution in [1.29, 1.82) is 0 Å². The minimum atomic E-state index is -0.507. The van der Waals surface area contributed by atoms with Crippen LogP contribution in [0.4, 0.5) is 11.4 Å². The van der Waals surface area contributed by atoms with Crippen LogP contribution in [0.25, 0.3) is 0 Å². The van der Waals surface area contributed by atoms with Crippen LogP contribution in [0.5, 0.6) is 0 Å². The van der Waals surface area contributed by atoms with E-state index in [1.54, 1.807) is 0 Å². The van der Waals surface area contributed by atoms with E-state index < -0.39 is 16.8 Å². The maximum absolute atomic E-state index is 11.8. The summed E-state index contributed by atoms with van der Waals surface area (Å²) in [4.78, 5) is 34.7. The van der Waals surface area contributed by atoms with Gasteiger partial charge in [0.2, 0.25) is 5.91 Å². The summed E-state index contributed by atoms with van der Waals surface area (Å²) in [6.07, 6.45) is 0.101. The number of methoxy groups -OCH3 is 1. The van der Waals surface area contributed by atoms with Gasteiger partial charge in [0.15, 0.2) is 0 Å². The molecule has 1 aromatic carbocycles. The van der Waals surface area contributed by atoms with E-state index in [1.807, 2.05) is 0 Å². The molecule has 0 aliphatic carbocycles. The second kappa shape index (κ2) is 5.05. The molecule has 1 unspecified atom stereocenters. The molecule has 0 saturated carbocycles. The topological polar surface area (TPSA) is 89.8 Å². The highest BCUT2D eigenvalue weighted by atomic mass is 16.6. The molecule has 0 spiro atoms. The molecule has 7 heteroatoms. The molecule has 7 nitrogen and oxygen atoms in total. The number of hydrogen-bond acceptors (Lipinski definition) is 5. The first-order valence-corrected chi connectivity index (χ1v) is 5.65. The van der Waals surface area contributed by atoms with Gasteiger partial charge in [-0.2, -0.15) is 0 Å². The molecule has 19 heavy (non-hydrogen) atoms. The van der Waals surface area contributed by atoms with Crippen molar-refractivity contribution < 1.29 is 19.2 Å². The second-order valence-electron chi connectivity index (χ2n) is 4.20. The Morgan fingerprint density at radius 1 is 1.42 bits per heavy atom. The maximum atomic E-state index is 11.8. The Bertz CT molecular complexity index is 525. The lowest BCUT2D eigenvalue weighted by atomic mass is 10.1. The fourth-order valence-corrected chi connectivity index (χ4v) is 2.04. The number of carbonyl (C=O) groups is 2. The summed E-state index contributed by atoms with van der Waals surface area (Å²) in [5.74, 6) is -1.09. The lowest BCUT2D eigenvalue weighted by Gasteiger charge is -2.15. The van der Waals surface area contributed by atoms with E-state index in [0.717, 1.165) is 0 Å². The Hall–Kier alpha value is -2.44. The van der Waals surface area contributed by atoms with E-state index in [4.69, 9.17) is 0 Å². The Morgan fingerprint density at radius 2 is 2.05 bits per heavy atom. The number of benzene rings is 1. The molecule has 1 heterocycles. The number of amides is 1. The number of carbonyl (C=O) groups excluding carboxylic acids is 2.